The van der Waals surface area contributed by atoms with Crippen LogP contribution < -0.4 is 15.0 Å². The van der Waals surface area contributed by atoms with Crippen molar-refractivity contribution in [3.05, 3.63) is 24.3 Å². The fraction of sp³-hybridized carbons (Fsp3) is 0.500. The topological polar surface area (TPSA) is 95.9 Å². The van der Waals surface area contributed by atoms with Gasteiger partial charge in [0.25, 0.3) is 5.91 Å². The Balaban J connectivity index is 1.85. The van der Waals surface area contributed by atoms with Gasteiger partial charge in [0, 0.05) is 18.7 Å². The van der Waals surface area contributed by atoms with Crippen LogP contribution in [0.2, 0.25) is 0 Å². The number of carboxylic acids is 1. The smallest absolute Gasteiger partial charge is 0.326 e. The molecule has 1 atom stereocenters. The Hall–Kier alpha value is -2.57. The number of anilines is 1. The van der Waals surface area contributed by atoms with Crippen LogP contribution in [0.1, 0.15) is 33.1 Å². The Morgan fingerprint density at radius 3 is 2.48 bits per heavy atom. The number of carbonyl (C=O) groups excluding carboxylic acids is 2. The van der Waals surface area contributed by atoms with Crippen molar-refractivity contribution in [2.75, 3.05) is 18.1 Å². The minimum Gasteiger partial charge on any atom is -0.484 e. The fourth-order valence-corrected chi connectivity index (χ4v) is 2.72. The van der Waals surface area contributed by atoms with Crippen molar-refractivity contribution in [3.8, 4) is 5.75 Å². The molecule has 1 unspecified atom stereocenters. The van der Waals surface area contributed by atoms with Crippen molar-refractivity contribution in [2.24, 2.45) is 5.92 Å². The van der Waals surface area contributed by atoms with E-state index in [1.54, 1.807) is 29.2 Å². The molecule has 0 aliphatic carbocycles. The van der Waals surface area contributed by atoms with Crippen molar-refractivity contribution in [2.45, 2.75) is 39.2 Å². The van der Waals surface area contributed by atoms with E-state index >= 15 is 0 Å². The average molecular weight is 348 g/mol. The molecule has 7 nitrogen and oxygen atoms in total. The molecule has 2 rings (SSSR count). The first-order chi connectivity index (χ1) is 11.9. The lowest BCUT2D eigenvalue weighted by molar-refractivity contribution is -0.142. The van der Waals surface area contributed by atoms with E-state index in [0.717, 1.165) is 12.1 Å². The van der Waals surface area contributed by atoms with Gasteiger partial charge in [-0.15, -0.1) is 0 Å². The highest BCUT2D eigenvalue weighted by atomic mass is 16.5. The lowest BCUT2D eigenvalue weighted by Crippen LogP contribution is -2.43. The van der Waals surface area contributed by atoms with Gasteiger partial charge in [0.05, 0.1) is 0 Å². The molecule has 1 aliphatic heterocycles. The van der Waals surface area contributed by atoms with Crippen molar-refractivity contribution < 1.29 is 24.2 Å². The molecule has 2 N–H and O–H groups in total. The van der Waals surface area contributed by atoms with Crippen LogP contribution in [0, 0.1) is 5.92 Å². The van der Waals surface area contributed by atoms with Crippen molar-refractivity contribution in [1.29, 1.82) is 0 Å². The highest BCUT2D eigenvalue weighted by Crippen LogP contribution is 2.23. The van der Waals surface area contributed by atoms with Crippen molar-refractivity contribution >= 4 is 23.5 Å². The highest BCUT2D eigenvalue weighted by Gasteiger charge is 2.22. The molecule has 2 amide bonds. The summed E-state index contributed by atoms with van der Waals surface area (Å²) in [5.74, 6) is -0.782. The number of benzene rings is 1. The first-order valence-electron chi connectivity index (χ1n) is 8.42. The van der Waals surface area contributed by atoms with E-state index < -0.39 is 17.9 Å². The van der Waals surface area contributed by atoms with Gasteiger partial charge >= 0.3 is 5.97 Å². The molecule has 1 heterocycles. The maximum atomic E-state index is 11.9. The largest absolute Gasteiger partial charge is 0.484 e. The van der Waals surface area contributed by atoms with E-state index in [9.17, 15) is 14.4 Å². The number of hydrogen-bond acceptors (Lipinski definition) is 4. The summed E-state index contributed by atoms with van der Waals surface area (Å²) in [6.45, 7) is 4.24. The van der Waals surface area contributed by atoms with Gasteiger partial charge < -0.3 is 20.1 Å². The van der Waals surface area contributed by atoms with E-state index in [4.69, 9.17) is 9.84 Å². The number of carbonyl (C=O) groups is 3. The summed E-state index contributed by atoms with van der Waals surface area (Å²) in [5.41, 5.74) is 0.808. The molecule has 0 radical (unpaired) electrons. The molecule has 1 aromatic carbocycles. The van der Waals surface area contributed by atoms with Crippen molar-refractivity contribution in [3.63, 3.8) is 0 Å². The quantitative estimate of drug-likeness (QED) is 0.747. The van der Waals surface area contributed by atoms with Crippen LogP contribution in [0.25, 0.3) is 0 Å². The maximum absolute atomic E-state index is 11.9. The minimum absolute atomic E-state index is 0.109. The first-order valence-corrected chi connectivity index (χ1v) is 8.42. The molecule has 1 fully saturated rings. The van der Waals surface area contributed by atoms with E-state index in [2.05, 4.69) is 5.32 Å². The molecule has 0 aromatic heterocycles. The van der Waals surface area contributed by atoms with Gasteiger partial charge in [-0.3, -0.25) is 9.59 Å². The number of nitrogens with one attached hydrogen (secondary N) is 1. The van der Waals surface area contributed by atoms with Crippen LogP contribution in [0.4, 0.5) is 5.69 Å². The molecule has 1 saturated heterocycles. The van der Waals surface area contributed by atoms with Crippen molar-refractivity contribution in [1.82, 2.24) is 5.32 Å². The van der Waals surface area contributed by atoms with Gasteiger partial charge in [0.15, 0.2) is 6.61 Å². The first kappa shape index (κ1) is 18.8. The van der Waals surface area contributed by atoms with E-state index in [0.29, 0.717) is 25.1 Å². The Morgan fingerprint density at radius 1 is 1.28 bits per heavy atom. The summed E-state index contributed by atoms with van der Waals surface area (Å²) in [4.78, 5) is 36.5. The second kappa shape index (κ2) is 8.50. The van der Waals surface area contributed by atoms with Crippen LogP contribution in [0.5, 0.6) is 5.75 Å². The zero-order valence-electron chi connectivity index (χ0n) is 14.5. The lowest BCUT2D eigenvalue weighted by atomic mass is 10.0. The van der Waals surface area contributed by atoms with Gasteiger partial charge in [-0.05, 0) is 43.0 Å². The highest BCUT2D eigenvalue weighted by molar-refractivity contribution is 5.95. The third kappa shape index (κ3) is 5.48. The van der Waals surface area contributed by atoms with E-state index in [1.165, 1.54) is 0 Å². The maximum Gasteiger partial charge on any atom is 0.326 e. The summed E-state index contributed by atoms with van der Waals surface area (Å²) in [6, 6.07) is 6.01. The van der Waals surface area contributed by atoms with E-state index in [-0.39, 0.29) is 18.4 Å². The minimum atomic E-state index is -1.05. The number of aliphatic carboxylic acids is 1. The number of carboxylic acid groups (broad SMARTS) is 1. The molecule has 1 aromatic rings. The number of ether oxygens (including phenoxy) is 1. The van der Waals surface area contributed by atoms with Crippen LogP contribution in [-0.2, 0) is 14.4 Å². The number of amides is 2. The van der Waals surface area contributed by atoms with Gasteiger partial charge in [-0.2, -0.15) is 0 Å². The second-order valence-electron chi connectivity index (χ2n) is 6.52. The molecule has 25 heavy (non-hydrogen) atoms. The fourth-order valence-electron chi connectivity index (χ4n) is 2.72. The van der Waals surface area contributed by atoms with E-state index in [1.807, 2.05) is 13.8 Å². The zero-order chi connectivity index (χ0) is 18.4. The average Bonchev–Trinajstić information content (AvgIpc) is 2.98. The molecule has 136 valence electrons. The molecular formula is C18H24N2O5. The number of hydrogen-bond donors (Lipinski definition) is 2. The predicted molar refractivity (Wildman–Crippen MR) is 92.5 cm³/mol. The van der Waals surface area contributed by atoms with Gasteiger partial charge in [0.2, 0.25) is 5.91 Å². The summed E-state index contributed by atoms with van der Waals surface area (Å²) >= 11 is 0. The number of nitrogens with zero attached hydrogens (tertiary/aromatic N) is 1. The molecule has 0 saturated carbocycles. The summed E-state index contributed by atoms with van der Waals surface area (Å²) in [7, 11) is 0. The normalized spacial score (nSPS) is 15.3. The Morgan fingerprint density at radius 2 is 1.96 bits per heavy atom. The molecule has 7 heteroatoms. The summed E-state index contributed by atoms with van der Waals surface area (Å²) < 4.78 is 5.39. The monoisotopic (exact) mass is 348 g/mol. The third-order valence-corrected chi connectivity index (χ3v) is 3.93. The van der Waals surface area contributed by atoms with Gasteiger partial charge in [-0.1, -0.05) is 13.8 Å². The third-order valence-electron chi connectivity index (χ3n) is 3.93. The summed E-state index contributed by atoms with van der Waals surface area (Å²) in [5, 5.41) is 11.6. The molecule has 0 spiro atoms. The molecule has 1 aliphatic rings. The predicted octanol–water partition coefficient (Wildman–Crippen LogP) is 1.81. The molecule has 0 bridgehead atoms. The Bertz CT molecular complexity index is 627. The van der Waals surface area contributed by atoms with Gasteiger partial charge in [-0.25, -0.2) is 4.79 Å². The second-order valence-corrected chi connectivity index (χ2v) is 6.52. The number of rotatable bonds is 8. The van der Waals surface area contributed by atoms with Crippen LogP contribution in [0.15, 0.2) is 24.3 Å². The van der Waals surface area contributed by atoms with Crippen LogP contribution in [0.3, 0.4) is 0 Å². The summed E-state index contributed by atoms with van der Waals surface area (Å²) in [6.07, 6.45) is 1.79. The zero-order valence-corrected chi connectivity index (χ0v) is 14.5. The van der Waals surface area contributed by atoms with Gasteiger partial charge in [0.1, 0.15) is 11.8 Å². The lowest BCUT2D eigenvalue weighted by Gasteiger charge is -2.17. The van der Waals surface area contributed by atoms with Crippen LogP contribution >= 0.6 is 0 Å². The SMILES string of the molecule is CC(C)CC(NC(=O)COc1ccc(N2CCCC2=O)cc1)C(=O)O. The standard InChI is InChI=1S/C18H24N2O5/c1-12(2)10-15(18(23)24)19-16(21)11-25-14-7-5-13(6-8-14)20-9-3-4-17(20)22/h5-8,12,15H,3-4,9-11H2,1-2H3,(H,19,21)(H,23,24). The Kier molecular flexibility index (Phi) is 6.38. The van der Waals surface area contributed by atoms with Crippen LogP contribution in [-0.4, -0.2) is 42.1 Å². The molecular weight excluding hydrogens is 324 g/mol. The Labute approximate surface area is 147 Å².